The number of hydrogen-bond acceptors (Lipinski definition) is 4. The lowest BCUT2D eigenvalue weighted by atomic mass is 10.1. The monoisotopic (exact) mass is 352 g/mol. The Hall–Kier alpha value is -2.61. The Morgan fingerprint density at radius 2 is 1.64 bits per heavy atom. The van der Waals surface area contributed by atoms with Crippen LogP contribution in [-0.4, -0.2) is 63.4 Å². The van der Waals surface area contributed by atoms with Crippen molar-refractivity contribution in [2.75, 3.05) is 13.1 Å². The van der Waals surface area contributed by atoms with E-state index in [-0.39, 0.29) is 18.9 Å². The summed E-state index contributed by atoms with van der Waals surface area (Å²) in [5.74, 6) is -2.62. The van der Waals surface area contributed by atoms with Gasteiger partial charge in [0.1, 0.15) is 6.04 Å². The topological polar surface area (TPSA) is 127 Å². The van der Waals surface area contributed by atoms with Crippen molar-refractivity contribution < 1.29 is 29.7 Å². The standard InChI is InChI=1S/C17H24N2O6/c1-11(2)9-19(10-14(20)16(23)24)17(25)18-13(15(21)22)8-12-6-4-3-5-7-12/h3-7,11,13-14,20H,8-10H2,1-2H3,(H,18,25)(H,21,22)(H,23,24)/t13-,14-/m0/s1. The molecule has 0 unspecified atom stereocenters. The number of aliphatic hydroxyl groups excluding tert-OH is 1. The van der Waals surface area contributed by atoms with Crippen molar-refractivity contribution in [3.8, 4) is 0 Å². The summed E-state index contributed by atoms with van der Waals surface area (Å²) in [5.41, 5.74) is 0.746. The summed E-state index contributed by atoms with van der Waals surface area (Å²) in [5, 5.41) is 30.0. The lowest BCUT2D eigenvalue weighted by molar-refractivity contribution is -0.147. The molecule has 2 amide bonds. The number of nitrogens with one attached hydrogen (secondary N) is 1. The Kier molecular flexibility index (Phi) is 7.87. The van der Waals surface area contributed by atoms with Crippen molar-refractivity contribution in [2.24, 2.45) is 5.92 Å². The Morgan fingerprint density at radius 1 is 1.04 bits per heavy atom. The van der Waals surface area contributed by atoms with Gasteiger partial charge in [-0.3, -0.25) is 0 Å². The smallest absolute Gasteiger partial charge is 0.334 e. The van der Waals surface area contributed by atoms with Crippen molar-refractivity contribution in [1.29, 1.82) is 0 Å². The summed E-state index contributed by atoms with van der Waals surface area (Å²) in [7, 11) is 0. The van der Waals surface area contributed by atoms with Crippen LogP contribution in [0.25, 0.3) is 0 Å². The third-order valence-electron chi connectivity index (χ3n) is 3.43. The molecule has 0 aliphatic carbocycles. The minimum Gasteiger partial charge on any atom is -0.480 e. The third-order valence-corrected chi connectivity index (χ3v) is 3.43. The molecule has 1 aromatic rings. The third kappa shape index (κ3) is 7.21. The molecule has 1 rings (SSSR count). The van der Waals surface area contributed by atoms with Gasteiger partial charge in [0, 0.05) is 13.0 Å². The fourth-order valence-corrected chi connectivity index (χ4v) is 2.26. The Balaban J connectivity index is 2.82. The quantitative estimate of drug-likeness (QED) is 0.520. The number of aliphatic carboxylic acids is 2. The number of hydrogen-bond donors (Lipinski definition) is 4. The molecule has 0 bridgehead atoms. The van der Waals surface area contributed by atoms with E-state index in [0.29, 0.717) is 0 Å². The molecule has 0 aliphatic rings. The van der Waals surface area contributed by atoms with Gasteiger partial charge in [-0.1, -0.05) is 44.2 Å². The number of aliphatic hydroxyl groups is 1. The molecule has 0 saturated heterocycles. The molecular formula is C17H24N2O6. The van der Waals surface area contributed by atoms with Crippen molar-refractivity contribution >= 4 is 18.0 Å². The Morgan fingerprint density at radius 3 is 2.12 bits per heavy atom. The van der Waals surface area contributed by atoms with Crippen LogP contribution in [0.1, 0.15) is 19.4 Å². The first-order valence-corrected chi connectivity index (χ1v) is 7.93. The van der Waals surface area contributed by atoms with E-state index in [0.717, 1.165) is 10.5 Å². The number of carbonyl (C=O) groups excluding carboxylic acids is 1. The van der Waals surface area contributed by atoms with Gasteiger partial charge in [0.05, 0.1) is 6.54 Å². The molecule has 0 heterocycles. The van der Waals surface area contributed by atoms with Crippen LogP contribution in [0.2, 0.25) is 0 Å². The number of amides is 2. The second-order valence-corrected chi connectivity index (χ2v) is 6.18. The van der Waals surface area contributed by atoms with E-state index in [1.807, 2.05) is 13.8 Å². The van der Waals surface area contributed by atoms with Gasteiger partial charge < -0.3 is 25.5 Å². The fourth-order valence-electron chi connectivity index (χ4n) is 2.26. The van der Waals surface area contributed by atoms with Crippen LogP contribution >= 0.6 is 0 Å². The first-order valence-electron chi connectivity index (χ1n) is 7.93. The van der Waals surface area contributed by atoms with E-state index >= 15 is 0 Å². The molecule has 0 aliphatic heterocycles. The predicted molar refractivity (Wildman–Crippen MR) is 90.2 cm³/mol. The molecule has 0 radical (unpaired) electrons. The first kappa shape index (κ1) is 20.4. The van der Waals surface area contributed by atoms with Crippen molar-refractivity contribution in [3.63, 3.8) is 0 Å². The number of carboxylic acids is 2. The van der Waals surface area contributed by atoms with Gasteiger partial charge >= 0.3 is 18.0 Å². The number of urea groups is 1. The molecule has 0 aromatic heterocycles. The summed E-state index contributed by atoms with van der Waals surface area (Å²) in [6.45, 7) is 3.42. The van der Waals surface area contributed by atoms with E-state index in [1.165, 1.54) is 0 Å². The summed E-state index contributed by atoms with van der Waals surface area (Å²) >= 11 is 0. The average Bonchev–Trinajstić information content (AvgIpc) is 2.53. The largest absolute Gasteiger partial charge is 0.480 e. The van der Waals surface area contributed by atoms with Gasteiger partial charge in [-0.2, -0.15) is 0 Å². The lowest BCUT2D eigenvalue weighted by Gasteiger charge is -2.27. The number of carbonyl (C=O) groups is 3. The molecule has 1 aromatic carbocycles. The van der Waals surface area contributed by atoms with Crippen LogP contribution in [0.5, 0.6) is 0 Å². The summed E-state index contributed by atoms with van der Waals surface area (Å²) in [6, 6.07) is 6.96. The summed E-state index contributed by atoms with van der Waals surface area (Å²) in [6.07, 6.45) is -1.64. The molecular weight excluding hydrogens is 328 g/mol. The molecule has 0 spiro atoms. The van der Waals surface area contributed by atoms with Crippen molar-refractivity contribution in [2.45, 2.75) is 32.4 Å². The van der Waals surface area contributed by atoms with Crippen LogP contribution in [0.15, 0.2) is 30.3 Å². The maximum Gasteiger partial charge on any atom is 0.334 e. The molecule has 25 heavy (non-hydrogen) atoms. The highest BCUT2D eigenvalue weighted by molar-refractivity contribution is 5.83. The van der Waals surface area contributed by atoms with Gasteiger partial charge in [0.2, 0.25) is 0 Å². The SMILES string of the molecule is CC(C)CN(C[C@H](O)C(=O)O)C(=O)N[C@@H](Cc1ccccc1)C(=O)O. The highest BCUT2D eigenvalue weighted by Crippen LogP contribution is 2.06. The van der Waals surface area contributed by atoms with Crippen LogP contribution in [-0.2, 0) is 16.0 Å². The van der Waals surface area contributed by atoms with Gasteiger partial charge in [-0.25, -0.2) is 14.4 Å². The zero-order chi connectivity index (χ0) is 19.0. The van der Waals surface area contributed by atoms with Crippen LogP contribution < -0.4 is 5.32 Å². The van der Waals surface area contributed by atoms with E-state index in [4.69, 9.17) is 5.11 Å². The highest BCUT2D eigenvalue weighted by atomic mass is 16.4. The molecule has 2 atom stereocenters. The maximum absolute atomic E-state index is 12.4. The first-order chi connectivity index (χ1) is 11.7. The predicted octanol–water partition coefficient (Wildman–Crippen LogP) is 0.795. The van der Waals surface area contributed by atoms with Gasteiger partial charge in [0.15, 0.2) is 6.10 Å². The number of nitrogens with zero attached hydrogens (tertiary/aromatic N) is 1. The minimum absolute atomic E-state index is 0.0177. The molecule has 0 fully saturated rings. The van der Waals surface area contributed by atoms with E-state index in [2.05, 4.69) is 5.32 Å². The number of rotatable bonds is 9. The highest BCUT2D eigenvalue weighted by Gasteiger charge is 2.27. The molecule has 0 saturated carbocycles. The van der Waals surface area contributed by atoms with E-state index in [9.17, 15) is 24.6 Å². The van der Waals surface area contributed by atoms with Crippen molar-refractivity contribution in [1.82, 2.24) is 10.2 Å². The van der Waals surface area contributed by atoms with Crippen LogP contribution in [0.4, 0.5) is 4.79 Å². The van der Waals surface area contributed by atoms with Crippen LogP contribution in [0, 0.1) is 5.92 Å². The second kappa shape index (κ2) is 9.63. The zero-order valence-corrected chi connectivity index (χ0v) is 14.3. The summed E-state index contributed by atoms with van der Waals surface area (Å²) < 4.78 is 0. The maximum atomic E-state index is 12.4. The van der Waals surface area contributed by atoms with Gasteiger partial charge in [-0.05, 0) is 11.5 Å². The van der Waals surface area contributed by atoms with Gasteiger partial charge in [-0.15, -0.1) is 0 Å². The van der Waals surface area contributed by atoms with Gasteiger partial charge in [0.25, 0.3) is 0 Å². The molecule has 8 nitrogen and oxygen atoms in total. The second-order valence-electron chi connectivity index (χ2n) is 6.18. The van der Waals surface area contributed by atoms with Crippen LogP contribution in [0.3, 0.4) is 0 Å². The molecule has 4 N–H and O–H groups in total. The Labute approximate surface area is 146 Å². The molecule has 8 heteroatoms. The normalized spacial score (nSPS) is 13.1. The molecule has 138 valence electrons. The van der Waals surface area contributed by atoms with Crippen molar-refractivity contribution in [3.05, 3.63) is 35.9 Å². The minimum atomic E-state index is -1.73. The lowest BCUT2D eigenvalue weighted by Crippen LogP contribution is -2.52. The number of benzene rings is 1. The number of carboxylic acid groups (broad SMARTS) is 2. The fraction of sp³-hybridized carbons (Fsp3) is 0.471. The average molecular weight is 352 g/mol. The zero-order valence-electron chi connectivity index (χ0n) is 14.3. The summed E-state index contributed by atoms with van der Waals surface area (Å²) in [4.78, 5) is 35.8. The Bertz CT molecular complexity index is 590. The van der Waals surface area contributed by atoms with E-state index in [1.54, 1.807) is 30.3 Å². The van der Waals surface area contributed by atoms with E-state index < -0.39 is 36.7 Å².